The van der Waals surface area contributed by atoms with Crippen LogP contribution in [0.4, 0.5) is 0 Å². The summed E-state index contributed by atoms with van der Waals surface area (Å²) in [5.74, 6) is 1.21. The third-order valence-electron chi connectivity index (χ3n) is 6.89. The maximum Gasteiger partial charge on any atom is 0.243 e. The standard InChI is InChI=1S/C25H36N4O4S/c1-19-9-10-21(23-18-27-20(2)33-23)16-24(19)34(31,32)29-14-6-4-11-26-25(30)17-22-8-3-5-12-28(22)13-7-15-29/h9-10,16,18,22H,3-8,11-15,17H2,1-2H3,(H,26,30). The topological polar surface area (TPSA) is 95.8 Å². The molecule has 0 spiro atoms. The van der Waals surface area contributed by atoms with Crippen LogP contribution in [-0.2, 0) is 14.8 Å². The molecular formula is C25H36N4O4S. The lowest BCUT2D eigenvalue weighted by atomic mass is 9.98. The summed E-state index contributed by atoms with van der Waals surface area (Å²) in [5, 5.41) is 3.03. The highest BCUT2D eigenvalue weighted by Gasteiger charge is 2.29. The Bertz CT molecular complexity index is 1100. The minimum atomic E-state index is -3.69. The number of oxazole rings is 1. The zero-order chi connectivity index (χ0) is 24.1. The molecule has 0 aliphatic carbocycles. The zero-order valence-corrected chi connectivity index (χ0v) is 21.1. The molecule has 34 heavy (non-hydrogen) atoms. The van der Waals surface area contributed by atoms with Crippen molar-refractivity contribution < 1.29 is 17.6 Å². The first-order valence-corrected chi connectivity index (χ1v) is 13.8. The minimum absolute atomic E-state index is 0.107. The Morgan fingerprint density at radius 3 is 2.59 bits per heavy atom. The fourth-order valence-corrected chi connectivity index (χ4v) is 6.75. The SMILES string of the molecule is Cc1ncc(-c2ccc(C)c(S(=O)(=O)N3CCCCNC(=O)CC4CCCCN4CCC3)c2)o1. The molecule has 2 aliphatic rings. The number of rotatable bonds is 3. The van der Waals surface area contributed by atoms with Gasteiger partial charge in [0.1, 0.15) is 0 Å². The minimum Gasteiger partial charge on any atom is -0.441 e. The number of nitrogens with one attached hydrogen (secondary N) is 1. The third kappa shape index (κ3) is 5.87. The van der Waals surface area contributed by atoms with E-state index in [-0.39, 0.29) is 11.9 Å². The molecule has 2 aromatic rings. The highest BCUT2D eigenvalue weighted by Crippen LogP contribution is 2.28. The van der Waals surface area contributed by atoms with Crippen LogP contribution < -0.4 is 5.32 Å². The van der Waals surface area contributed by atoms with E-state index in [1.807, 2.05) is 19.1 Å². The Labute approximate surface area is 202 Å². The van der Waals surface area contributed by atoms with Crippen molar-refractivity contribution in [2.75, 3.05) is 32.7 Å². The summed E-state index contributed by atoms with van der Waals surface area (Å²) >= 11 is 0. The number of carbonyl (C=O) groups is 1. The van der Waals surface area contributed by atoms with Crippen LogP contribution in [0.25, 0.3) is 11.3 Å². The second kappa shape index (κ2) is 11.0. The Balaban J connectivity index is 1.56. The first-order chi connectivity index (χ1) is 16.3. The molecule has 1 aromatic carbocycles. The Kier molecular flexibility index (Phi) is 8.06. The molecule has 8 nitrogen and oxygen atoms in total. The number of amides is 1. The van der Waals surface area contributed by atoms with Crippen LogP contribution in [0.3, 0.4) is 0 Å². The number of aryl methyl sites for hydroxylation is 2. The van der Waals surface area contributed by atoms with Crippen molar-refractivity contribution in [3.8, 4) is 11.3 Å². The second-order valence-electron chi connectivity index (χ2n) is 9.43. The van der Waals surface area contributed by atoms with E-state index in [9.17, 15) is 13.2 Å². The number of hydrogen-bond donors (Lipinski definition) is 1. The number of fused-ring (bicyclic) bond motifs is 1. The largest absolute Gasteiger partial charge is 0.441 e. The highest BCUT2D eigenvalue weighted by atomic mass is 32.2. The quantitative estimate of drug-likeness (QED) is 0.711. The Morgan fingerprint density at radius 2 is 1.79 bits per heavy atom. The summed E-state index contributed by atoms with van der Waals surface area (Å²) in [6, 6.07) is 5.65. The van der Waals surface area contributed by atoms with Gasteiger partial charge in [-0.15, -0.1) is 0 Å². The van der Waals surface area contributed by atoms with Crippen LogP contribution in [0.15, 0.2) is 33.7 Å². The summed E-state index contributed by atoms with van der Waals surface area (Å²) < 4.78 is 34.9. The van der Waals surface area contributed by atoms with Crippen molar-refractivity contribution in [3.63, 3.8) is 0 Å². The summed E-state index contributed by atoms with van der Waals surface area (Å²) in [7, 11) is -3.69. The molecule has 2 aliphatic heterocycles. The maximum absolute atomic E-state index is 13.8. The van der Waals surface area contributed by atoms with Gasteiger partial charge in [0.25, 0.3) is 0 Å². The van der Waals surface area contributed by atoms with E-state index in [0.717, 1.165) is 45.2 Å². The van der Waals surface area contributed by atoms with Gasteiger partial charge in [-0.2, -0.15) is 4.31 Å². The first-order valence-electron chi connectivity index (χ1n) is 12.4. The van der Waals surface area contributed by atoms with Crippen LogP contribution in [0.2, 0.25) is 0 Å². The fraction of sp³-hybridized carbons (Fsp3) is 0.600. The summed E-state index contributed by atoms with van der Waals surface area (Å²) in [6.07, 6.45) is 7.67. The van der Waals surface area contributed by atoms with Gasteiger partial charge in [0.2, 0.25) is 15.9 Å². The highest BCUT2D eigenvalue weighted by molar-refractivity contribution is 7.89. The van der Waals surface area contributed by atoms with E-state index < -0.39 is 10.0 Å². The number of sulfonamides is 1. The van der Waals surface area contributed by atoms with Crippen molar-refractivity contribution in [2.45, 2.75) is 69.7 Å². The predicted octanol–water partition coefficient (Wildman–Crippen LogP) is 3.49. The van der Waals surface area contributed by atoms with Gasteiger partial charge >= 0.3 is 0 Å². The van der Waals surface area contributed by atoms with Crippen molar-refractivity contribution >= 4 is 15.9 Å². The summed E-state index contributed by atoms with van der Waals surface area (Å²) in [4.78, 5) is 19.2. The molecule has 1 aromatic heterocycles. The Hall–Kier alpha value is -2.23. The molecule has 1 N–H and O–H groups in total. The monoisotopic (exact) mass is 488 g/mol. The number of carbonyl (C=O) groups excluding carboxylic acids is 1. The number of nitrogens with zero attached hydrogens (tertiary/aromatic N) is 3. The van der Waals surface area contributed by atoms with Gasteiger partial charge in [0.15, 0.2) is 11.7 Å². The van der Waals surface area contributed by atoms with E-state index in [0.29, 0.717) is 60.1 Å². The van der Waals surface area contributed by atoms with Crippen molar-refractivity contribution in [1.82, 2.24) is 19.5 Å². The number of aromatic nitrogens is 1. The smallest absolute Gasteiger partial charge is 0.243 e. The third-order valence-corrected chi connectivity index (χ3v) is 8.93. The van der Waals surface area contributed by atoms with Crippen molar-refractivity contribution in [2.24, 2.45) is 0 Å². The molecule has 2 fully saturated rings. The average molecular weight is 489 g/mol. The van der Waals surface area contributed by atoms with Gasteiger partial charge in [0, 0.05) is 44.6 Å². The molecule has 1 unspecified atom stereocenters. The normalized spacial score (nSPS) is 22.2. The van der Waals surface area contributed by atoms with Crippen molar-refractivity contribution in [3.05, 3.63) is 35.9 Å². The maximum atomic E-state index is 13.8. The number of benzene rings is 1. The molecule has 1 atom stereocenters. The average Bonchev–Trinajstić information content (AvgIpc) is 3.25. The molecule has 0 radical (unpaired) electrons. The molecular weight excluding hydrogens is 452 g/mol. The summed E-state index contributed by atoms with van der Waals surface area (Å²) in [5.41, 5.74) is 1.42. The van der Waals surface area contributed by atoms with Gasteiger partial charge in [-0.3, -0.25) is 9.69 Å². The number of hydrogen-bond acceptors (Lipinski definition) is 6. The molecule has 2 saturated heterocycles. The van der Waals surface area contributed by atoms with Gasteiger partial charge in [-0.25, -0.2) is 13.4 Å². The number of piperidine rings is 1. The van der Waals surface area contributed by atoms with Crippen molar-refractivity contribution in [1.29, 1.82) is 0 Å². The lowest BCUT2D eigenvalue weighted by Crippen LogP contribution is -2.44. The second-order valence-corrected chi connectivity index (χ2v) is 11.3. The summed E-state index contributed by atoms with van der Waals surface area (Å²) in [6.45, 7) is 6.87. The Morgan fingerprint density at radius 1 is 1.03 bits per heavy atom. The van der Waals surface area contributed by atoms with E-state index in [1.54, 1.807) is 23.5 Å². The van der Waals surface area contributed by atoms with Gasteiger partial charge < -0.3 is 9.73 Å². The zero-order valence-electron chi connectivity index (χ0n) is 20.3. The molecule has 9 heteroatoms. The van der Waals surface area contributed by atoms with Crippen LogP contribution in [0, 0.1) is 13.8 Å². The van der Waals surface area contributed by atoms with E-state index >= 15 is 0 Å². The fourth-order valence-electron chi connectivity index (χ4n) is 4.98. The van der Waals surface area contributed by atoms with Crippen LogP contribution in [-0.4, -0.2) is 67.3 Å². The predicted molar refractivity (Wildman–Crippen MR) is 131 cm³/mol. The lowest BCUT2D eigenvalue weighted by Gasteiger charge is -2.35. The van der Waals surface area contributed by atoms with Gasteiger partial charge in [-0.1, -0.05) is 18.6 Å². The van der Waals surface area contributed by atoms with Crippen LogP contribution in [0.1, 0.15) is 56.4 Å². The molecule has 3 heterocycles. The molecule has 186 valence electrons. The van der Waals surface area contributed by atoms with Crippen LogP contribution >= 0.6 is 0 Å². The van der Waals surface area contributed by atoms with E-state index in [4.69, 9.17) is 4.42 Å². The molecule has 0 saturated carbocycles. The van der Waals surface area contributed by atoms with E-state index in [2.05, 4.69) is 15.2 Å². The van der Waals surface area contributed by atoms with Gasteiger partial charge in [0.05, 0.1) is 11.1 Å². The van der Waals surface area contributed by atoms with Gasteiger partial charge in [-0.05, 0) is 63.7 Å². The lowest BCUT2D eigenvalue weighted by molar-refractivity contribution is -0.122. The first kappa shape index (κ1) is 24.9. The van der Waals surface area contributed by atoms with E-state index in [1.165, 1.54) is 0 Å². The molecule has 1 amide bonds. The van der Waals surface area contributed by atoms with Crippen LogP contribution in [0.5, 0.6) is 0 Å². The molecule has 0 bridgehead atoms. The molecule has 4 rings (SSSR count).